The molecule has 4 heteroatoms. The molecule has 1 atom stereocenters. The van der Waals surface area contributed by atoms with Gasteiger partial charge in [-0.3, -0.25) is 0 Å². The third-order valence-corrected chi connectivity index (χ3v) is 2.95. The van der Waals surface area contributed by atoms with Crippen molar-refractivity contribution in [3.63, 3.8) is 0 Å². The molecule has 0 saturated carbocycles. The Hall–Kier alpha value is -0.160. The number of rotatable bonds is 5. The lowest BCUT2D eigenvalue weighted by molar-refractivity contribution is 0.0268. The summed E-state index contributed by atoms with van der Waals surface area (Å²) < 4.78 is 5.34. The summed E-state index contributed by atoms with van der Waals surface area (Å²) in [5.74, 6) is 0. The van der Waals surface area contributed by atoms with E-state index >= 15 is 0 Å². The first-order valence-corrected chi connectivity index (χ1v) is 5.33. The minimum absolute atomic E-state index is 0.0312. The summed E-state index contributed by atoms with van der Waals surface area (Å²) in [4.78, 5) is 0. The van der Waals surface area contributed by atoms with Crippen LogP contribution in [0.2, 0.25) is 0 Å². The first-order chi connectivity index (χ1) is 6.76. The maximum absolute atomic E-state index is 9.24. The normalized spacial score (nSPS) is 23.8. The second-order valence-electron chi connectivity index (χ2n) is 4.01. The van der Waals surface area contributed by atoms with Gasteiger partial charge in [0, 0.05) is 12.6 Å². The van der Waals surface area contributed by atoms with Crippen LogP contribution in [0.1, 0.15) is 26.2 Å². The Labute approximate surface area is 85.3 Å². The van der Waals surface area contributed by atoms with E-state index in [1.54, 1.807) is 0 Å². The van der Waals surface area contributed by atoms with Crippen LogP contribution in [-0.2, 0) is 4.74 Å². The minimum atomic E-state index is -0.536. The van der Waals surface area contributed by atoms with E-state index in [0.29, 0.717) is 6.61 Å². The topological polar surface area (TPSA) is 61.7 Å². The average molecular weight is 203 g/mol. The summed E-state index contributed by atoms with van der Waals surface area (Å²) in [6.07, 6.45) is 2.83. The van der Waals surface area contributed by atoms with E-state index < -0.39 is 5.54 Å². The van der Waals surface area contributed by atoms with Gasteiger partial charge >= 0.3 is 0 Å². The zero-order chi connectivity index (χ0) is 10.4. The molecule has 0 aromatic carbocycles. The first-order valence-electron chi connectivity index (χ1n) is 5.33. The number of hydrogen-bond donors (Lipinski definition) is 3. The van der Waals surface area contributed by atoms with E-state index in [-0.39, 0.29) is 19.3 Å². The molecule has 0 radical (unpaired) electrons. The Bertz CT molecular complexity index is 145. The Balaban J connectivity index is 2.44. The fourth-order valence-electron chi connectivity index (χ4n) is 1.75. The van der Waals surface area contributed by atoms with Gasteiger partial charge in [-0.25, -0.2) is 0 Å². The zero-order valence-corrected chi connectivity index (χ0v) is 8.83. The maximum atomic E-state index is 9.24. The summed E-state index contributed by atoms with van der Waals surface area (Å²) in [6.45, 7) is 3.41. The number of aliphatic hydroxyl groups excluding tert-OH is 2. The fourth-order valence-corrected chi connectivity index (χ4v) is 1.75. The number of nitrogens with one attached hydrogen (secondary N) is 1. The van der Waals surface area contributed by atoms with Gasteiger partial charge in [0.05, 0.1) is 25.4 Å². The van der Waals surface area contributed by atoms with E-state index in [4.69, 9.17) is 4.74 Å². The van der Waals surface area contributed by atoms with Crippen molar-refractivity contribution in [2.75, 3.05) is 26.4 Å². The van der Waals surface area contributed by atoms with Gasteiger partial charge in [0.2, 0.25) is 0 Å². The van der Waals surface area contributed by atoms with E-state index in [9.17, 15) is 10.2 Å². The van der Waals surface area contributed by atoms with Crippen molar-refractivity contribution in [2.45, 2.75) is 37.8 Å². The molecule has 4 nitrogen and oxygen atoms in total. The van der Waals surface area contributed by atoms with Crippen molar-refractivity contribution < 1.29 is 14.9 Å². The molecular formula is C10H21NO3. The van der Waals surface area contributed by atoms with Crippen LogP contribution in [-0.4, -0.2) is 48.2 Å². The van der Waals surface area contributed by atoms with Crippen molar-refractivity contribution in [1.82, 2.24) is 5.32 Å². The molecule has 0 aromatic heterocycles. The highest BCUT2D eigenvalue weighted by Crippen LogP contribution is 2.14. The van der Waals surface area contributed by atoms with Crippen molar-refractivity contribution in [1.29, 1.82) is 0 Å². The SMILES string of the molecule is CCC(CO)(CO)NC1CCCOC1. The minimum Gasteiger partial charge on any atom is -0.394 e. The lowest BCUT2D eigenvalue weighted by Gasteiger charge is -2.36. The first kappa shape index (κ1) is 11.9. The molecule has 1 saturated heterocycles. The Morgan fingerprint density at radius 2 is 2.14 bits per heavy atom. The molecule has 1 aliphatic heterocycles. The molecule has 1 rings (SSSR count). The summed E-state index contributed by atoms with van der Waals surface area (Å²) in [6, 6.07) is 0.267. The fraction of sp³-hybridized carbons (Fsp3) is 1.00. The maximum Gasteiger partial charge on any atom is 0.0648 e. The molecule has 84 valence electrons. The van der Waals surface area contributed by atoms with Crippen LogP contribution >= 0.6 is 0 Å². The van der Waals surface area contributed by atoms with E-state index in [1.165, 1.54) is 0 Å². The Morgan fingerprint density at radius 3 is 2.57 bits per heavy atom. The molecule has 1 aliphatic rings. The van der Waals surface area contributed by atoms with Gasteiger partial charge in [-0.2, -0.15) is 0 Å². The number of ether oxygens (including phenoxy) is 1. The average Bonchev–Trinajstić information content (AvgIpc) is 2.28. The van der Waals surface area contributed by atoms with Gasteiger partial charge in [-0.15, -0.1) is 0 Å². The van der Waals surface area contributed by atoms with Crippen LogP contribution in [0.25, 0.3) is 0 Å². The highest BCUT2D eigenvalue weighted by Gasteiger charge is 2.30. The quantitative estimate of drug-likeness (QED) is 0.583. The standard InChI is InChI=1S/C10H21NO3/c1-2-10(7-12,8-13)11-9-4-3-5-14-6-9/h9,11-13H,2-8H2,1H3. The van der Waals surface area contributed by atoms with Crippen LogP contribution < -0.4 is 5.32 Å². The Kier molecular flexibility index (Phi) is 4.81. The molecule has 3 N–H and O–H groups in total. The highest BCUT2D eigenvalue weighted by molar-refractivity contribution is 4.89. The molecule has 1 fully saturated rings. The Morgan fingerprint density at radius 1 is 1.43 bits per heavy atom. The molecule has 14 heavy (non-hydrogen) atoms. The van der Waals surface area contributed by atoms with Crippen molar-refractivity contribution in [2.24, 2.45) is 0 Å². The predicted octanol–water partition coefficient (Wildman–Crippen LogP) is -0.112. The van der Waals surface area contributed by atoms with Crippen LogP contribution in [0.4, 0.5) is 0 Å². The molecule has 0 amide bonds. The molecular weight excluding hydrogens is 182 g/mol. The molecule has 0 aromatic rings. The smallest absolute Gasteiger partial charge is 0.0648 e. The van der Waals surface area contributed by atoms with E-state index in [2.05, 4.69) is 5.32 Å². The van der Waals surface area contributed by atoms with Crippen molar-refractivity contribution >= 4 is 0 Å². The predicted molar refractivity (Wildman–Crippen MR) is 54.2 cm³/mol. The van der Waals surface area contributed by atoms with Gasteiger partial charge in [0.25, 0.3) is 0 Å². The second kappa shape index (κ2) is 5.66. The summed E-state index contributed by atoms with van der Waals surface area (Å²) in [5, 5.41) is 21.8. The zero-order valence-electron chi connectivity index (χ0n) is 8.83. The number of hydrogen-bond acceptors (Lipinski definition) is 4. The highest BCUT2D eigenvalue weighted by atomic mass is 16.5. The van der Waals surface area contributed by atoms with Crippen LogP contribution in [0.3, 0.4) is 0 Å². The van der Waals surface area contributed by atoms with Crippen LogP contribution in [0, 0.1) is 0 Å². The summed E-state index contributed by atoms with van der Waals surface area (Å²) in [5.41, 5.74) is -0.536. The van der Waals surface area contributed by atoms with Gasteiger partial charge in [0.1, 0.15) is 0 Å². The monoisotopic (exact) mass is 203 g/mol. The second-order valence-corrected chi connectivity index (χ2v) is 4.01. The molecule has 0 spiro atoms. The summed E-state index contributed by atoms with van der Waals surface area (Å²) in [7, 11) is 0. The largest absolute Gasteiger partial charge is 0.394 e. The molecule has 1 unspecified atom stereocenters. The molecule has 0 bridgehead atoms. The van der Waals surface area contributed by atoms with E-state index in [1.807, 2.05) is 6.92 Å². The number of aliphatic hydroxyl groups is 2. The van der Waals surface area contributed by atoms with Gasteiger partial charge in [-0.1, -0.05) is 6.92 Å². The van der Waals surface area contributed by atoms with Gasteiger partial charge in [0.15, 0.2) is 0 Å². The molecule has 1 heterocycles. The molecule has 0 aliphatic carbocycles. The lowest BCUT2D eigenvalue weighted by Crippen LogP contribution is -2.57. The lowest BCUT2D eigenvalue weighted by atomic mass is 9.95. The van der Waals surface area contributed by atoms with Crippen molar-refractivity contribution in [3.8, 4) is 0 Å². The van der Waals surface area contributed by atoms with Crippen LogP contribution in [0.5, 0.6) is 0 Å². The van der Waals surface area contributed by atoms with Gasteiger partial charge < -0.3 is 20.3 Å². The summed E-state index contributed by atoms with van der Waals surface area (Å²) >= 11 is 0. The van der Waals surface area contributed by atoms with E-state index in [0.717, 1.165) is 25.9 Å². The van der Waals surface area contributed by atoms with Crippen LogP contribution in [0.15, 0.2) is 0 Å². The third-order valence-electron chi connectivity index (χ3n) is 2.95. The van der Waals surface area contributed by atoms with Gasteiger partial charge in [-0.05, 0) is 19.3 Å². The third kappa shape index (κ3) is 2.92. The van der Waals surface area contributed by atoms with Crippen molar-refractivity contribution in [3.05, 3.63) is 0 Å².